The molecule has 134 valence electrons. The van der Waals surface area contributed by atoms with E-state index in [1.165, 1.54) is 7.11 Å². The maximum Gasteiger partial charge on any atom is 0.337 e. The predicted molar refractivity (Wildman–Crippen MR) is 105 cm³/mol. The second kappa shape index (κ2) is 6.61. The molecule has 0 atom stereocenters. The van der Waals surface area contributed by atoms with Crippen LogP contribution in [-0.2, 0) is 9.53 Å². The van der Waals surface area contributed by atoms with Crippen molar-refractivity contribution in [2.75, 3.05) is 19.5 Å². The molecule has 0 bridgehead atoms. The van der Waals surface area contributed by atoms with Crippen LogP contribution in [0.4, 0.5) is 5.69 Å². The van der Waals surface area contributed by atoms with Gasteiger partial charge in [-0.15, -0.1) is 0 Å². The molecule has 0 unspecified atom stereocenters. The molecule has 27 heavy (non-hydrogen) atoms. The molecule has 0 aliphatic carbocycles. The molecule has 1 heterocycles. The van der Waals surface area contributed by atoms with Gasteiger partial charge in [-0.25, -0.2) is 4.79 Å². The summed E-state index contributed by atoms with van der Waals surface area (Å²) in [6.45, 7) is 0. The number of anilines is 1. The van der Waals surface area contributed by atoms with Crippen LogP contribution >= 0.6 is 0 Å². The van der Waals surface area contributed by atoms with Gasteiger partial charge in [-0.2, -0.15) is 0 Å². The molecular formula is C22H17NO4. The molecule has 0 aromatic heterocycles. The smallest absolute Gasteiger partial charge is 0.337 e. The number of benzene rings is 3. The highest BCUT2D eigenvalue weighted by molar-refractivity contribution is 6.35. The number of hydrogen-bond donors (Lipinski definition) is 1. The van der Waals surface area contributed by atoms with E-state index >= 15 is 0 Å². The Morgan fingerprint density at radius 3 is 2.63 bits per heavy atom. The summed E-state index contributed by atoms with van der Waals surface area (Å²) >= 11 is 0. The molecule has 5 heteroatoms. The summed E-state index contributed by atoms with van der Waals surface area (Å²) in [5, 5.41) is 4.87. The maximum atomic E-state index is 12.6. The highest BCUT2D eigenvalue weighted by Crippen LogP contribution is 2.37. The van der Waals surface area contributed by atoms with Gasteiger partial charge in [-0.05, 0) is 35.0 Å². The summed E-state index contributed by atoms with van der Waals surface area (Å²) in [6.07, 6.45) is 1.83. The van der Waals surface area contributed by atoms with E-state index in [-0.39, 0.29) is 5.91 Å². The van der Waals surface area contributed by atoms with E-state index in [4.69, 9.17) is 9.47 Å². The van der Waals surface area contributed by atoms with Gasteiger partial charge in [0.1, 0.15) is 5.75 Å². The van der Waals surface area contributed by atoms with Gasteiger partial charge >= 0.3 is 5.97 Å². The molecule has 1 amide bonds. The number of hydrogen-bond acceptors (Lipinski definition) is 4. The third-order valence-electron chi connectivity index (χ3n) is 4.66. The third kappa shape index (κ3) is 2.83. The highest BCUT2D eigenvalue weighted by Gasteiger charge is 2.26. The summed E-state index contributed by atoms with van der Waals surface area (Å²) < 4.78 is 10.3. The number of fused-ring (bicyclic) bond motifs is 2. The number of amides is 1. The lowest BCUT2D eigenvalue weighted by atomic mass is 9.98. The average Bonchev–Trinajstić information content (AvgIpc) is 3.02. The zero-order chi connectivity index (χ0) is 19.0. The summed E-state index contributed by atoms with van der Waals surface area (Å²) in [7, 11) is 2.93. The lowest BCUT2D eigenvalue weighted by molar-refractivity contribution is -0.110. The number of methoxy groups -OCH3 is 2. The first-order chi connectivity index (χ1) is 13.1. The van der Waals surface area contributed by atoms with E-state index in [9.17, 15) is 9.59 Å². The van der Waals surface area contributed by atoms with Crippen LogP contribution in [-0.4, -0.2) is 26.1 Å². The van der Waals surface area contributed by atoms with Gasteiger partial charge in [0.2, 0.25) is 0 Å². The van der Waals surface area contributed by atoms with Gasteiger partial charge in [-0.1, -0.05) is 36.4 Å². The SMILES string of the molecule is COC(=O)c1ccc2c(c1)NC(=O)/C2=C/c1c(OC)ccc2ccccc12. The fraction of sp³-hybridized carbons (Fsp3) is 0.0909. The van der Waals surface area contributed by atoms with E-state index in [1.54, 1.807) is 25.3 Å². The monoisotopic (exact) mass is 359 g/mol. The first-order valence-corrected chi connectivity index (χ1v) is 8.44. The Morgan fingerprint density at radius 1 is 1.04 bits per heavy atom. The maximum absolute atomic E-state index is 12.6. The molecule has 3 aromatic rings. The third-order valence-corrected chi connectivity index (χ3v) is 4.66. The largest absolute Gasteiger partial charge is 0.496 e. The quantitative estimate of drug-likeness (QED) is 0.564. The van der Waals surface area contributed by atoms with E-state index in [0.29, 0.717) is 22.6 Å². The molecule has 0 radical (unpaired) electrons. The van der Waals surface area contributed by atoms with Gasteiger partial charge in [0.15, 0.2) is 0 Å². The molecule has 0 saturated carbocycles. The Balaban J connectivity index is 1.89. The Hall–Kier alpha value is -3.60. The van der Waals surface area contributed by atoms with Crippen molar-refractivity contribution in [3.05, 3.63) is 71.3 Å². The van der Waals surface area contributed by atoms with Crippen molar-refractivity contribution in [3.63, 3.8) is 0 Å². The standard InChI is InChI=1S/C22H17NO4/c1-26-20-10-8-13-5-3-4-6-15(13)17(20)12-18-16-9-7-14(22(25)27-2)11-19(16)23-21(18)24/h3-12H,1-2H3,(H,23,24)/b18-12+. The second-order valence-electron chi connectivity index (χ2n) is 6.17. The Bertz CT molecular complexity index is 1110. The van der Waals surface area contributed by atoms with Crippen LogP contribution in [0.5, 0.6) is 5.75 Å². The van der Waals surface area contributed by atoms with Crippen LogP contribution in [0.25, 0.3) is 22.4 Å². The van der Waals surface area contributed by atoms with Crippen LogP contribution in [0.2, 0.25) is 0 Å². The molecule has 1 N–H and O–H groups in total. The lowest BCUT2D eigenvalue weighted by Crippen LogP contribution is -2.04. The van der Waals surface area contributed by atoms with Crippen molar-refractivity contribution in [2.24, 2.45) is 0 Å². The molecule has 0 fully saturated rings. The minimum absolute atomic E-state index is 0.220. The predicted octanol–water partition coefficient (Wildman–Crippen LogP) is 4.13. The molecule has 1 aliphatic heterocycles. The average molecular weight is 359 g/mol. The molecule has 4 rings (SSSR count). The van der Waals surface area contributed by atoms with Crippen LogP contribution < -0.4 is 10.1 Å². The number of nitrogens with one attached hydrogen (secondary N) is 1. The van der Waals surface area contributed by atoms with Crippen molar-refractivity contribution in [3.8, 4) is 5.75 Å². The van der Waals surface area contributed by atoms with Crippen molar-refractivity contribution in [1.29, 1.82) is 0 Å². The molecule has 0 spiro atoms. The zero-order valence-corrected chi connectivity index (χ0v) is 14.9. The van der Waals surface area contributed by atoms with Crippen LogP contribution in [0.1, 0.15) is 21.5 Å². The van der Waals surface area contributed by atoms with Gasteiger partial charge in [-0.3, -0.25) is 4.79 Å². The molecular weight excluding hydrogens is 342 g/mol. The minimum Gasteiger partial charge on any atom is -0.496 e. The van der Waals surface area contributed by atoms with E-state index in [1.807, 2.05) is 42.5 Å². The molecule has 5 nitrogen and oxygen atoms in total. The number of carbonyl (C=O) groups excluding carboxylic acids is 2. The van der Waals surface area contributed by atoms with Gasteiger partial charge in [0.05, 0.1) is 19.8 Å². The lowest BCUT2D eigenvalue weighted by Gasteiger charge is -2.10. The normalized spacial score (nSPS) is 14.1. The summed E-state index contributed by atoms with van der Waals surface area (Å²) in [4.78, 5) is 24.3. The topological polar surface area (TPSA) is 64.6 Å². The van der Waals surface area contributed by atoms with Crippen molar-refractivity contribution < 1.29 is 19.1 Å². The number of esters is 1. The van der Waals surface area contributed by atoms with E-state index < -0.39 is 5.97 Å². The van der Waals surface area contributed by atoms with Crippen molar-refractivity contribution >= 4 is 40.0 Å². The second-order valence-corrected chi connectivity index (χ2v) is 6.17. The number of carbonyl (C=O) groups is 2. The summed E-state index contributed by atoms with van der Waals surface area (Å²) in [5.41, 5.74) is 3.08. The van der Waals surface area contributed by atoms with E-state index in [2.05, 4.69) is 5.32 Å². The van der Waals surface area contributed by atoms with Crippen LogP contribution in [0.15, 0.2) is 54.6 Å². The Kier molecular flexibility index (Phi) is 4.12. The Labute approximate surface area is 156 Å². The first kappa shape index (κ1) is 16.8. The molecule has 0 saturated heterocycles. The Morgan fingerprint density at radius 2 is 1.85 bits per heavy atom. The number of ether oxygens (including phenoxy) is 2. The zero-order valence-electron chi connectivity index (χ0n) is 14.9. The van der Waals surface area contributed by atoms with Crippen molar-refractivity contribution in [2.45, 2.75) is 0 Å². The highest BCUT2D eigenvalue weighted by atomic mass is 16.5. The van der Waals surface area contributed by atoms with Crippen molar-refractivity contribution in [1.82, 2.24) is 0 Å². The van der Waals surface area contributed by atoms with Crippen LogP contribution in [0.3, 0.4) is 0 Å². The van der Waals surface area contributed by atoms with Gasteiger partial charge < -0.3 is 14.8 Å². The minimum atomic E-state index is -0.444. The summed E-state index contributed by atoms with van der Waals surface area (Å²) in [5.74, 6) is 0.0239. The molecule has 3 aromatic carbocycles. The molecule has 1 aliphatic rings. The first-order valence-electron chi connectivity index (χ1n) is 8.44. The number of rotatable bonds is 3. The van der Waals surface area contributed by atoms with E-state index in [0.717, 1.165) is 21.9 Å². The van der Waals surface area contributed by atoms with Gasteiger partial charge in [0.25, 0.3) is 5.91 Å². The fourth-order valence-electron chi connectivity index (χ4n) is 3.33. The summed E-state index contributed by atoms with van der Waals surface area (Å²) in [6, 6.07) is 16.8. The fourth-order valence-corrected chi connectivity index (χ4v) is 3.33. The van der Waals surface area contributed by atoms with Gasteiger partial charge in [0, 0.05) is 22.4 Å². The van der Waals surface area contributed by atoms with Crippen LogP contribution in [0, 0.1) is 0 Å².